The van der Waals surface area contributed by atoms with E-state index in [1.54, 1.807) is 18.5 Å². The van der Waals surface area contributed by atoms with Crippen LogP contribution in [0.4, 0.5) is 8.78 Å². The Morgan fingerprint density at radius 2 is 2.07 bits per heavy atom. The van der Waals surface area contributed by atoms with Gasteiger partial charge in [0.05, 0.1) is 17.5 Å². The zero-order valence-corrected chi connectivity index (χ0v) is 15.9. The molecule has 1 aromatic heterocycles. The highest BCUT2D eigenvalue weighted by Crippen LogP contribution is 2.34. The summed E-state index contributed by atoms with van der Waals surface area (Å²) in [6.45, 7) is 8.87. The van der Waals surface area contributed by atoms with Gasteiger partial charge in [-0.2, -0.15) is 5.10 Å². The van der Waals surface area contributed by atoms with Crippen LogP contribution in [0.2, 0.25) is 0 Å². The lowest BCUT2D eigenvalue weighted by Crippen LogP contribution is -2.33. The number of rotatable bonds is 4. The Morgan fingerprint density at radius 1 is 1.33 bits per heavy atom. The fraction of sp³-hybridized carbons (Fsp3) is 0.400. The zero-order chi connectivity index (χ0) is 19.8. The molecule has 0 saturated carbocycles. The van der Waals surface area contributed by atoms with E-state index in [1.807, 2.05) is 18.7 Å². The van der Waals surface area contributed by atoms with Crippen molar-refractivity contribution in [3.8, 4) is 0 Å². The summed E-state index contributed by atoms with van der Waals surface area (Å²) in [6, 6.07) is 3.85. The molecule has 2 N–H and O–H groups in total. The number of hydrogen-bond acceptors (Lipinski definition) is 3. The molecule has 0 radical (unpaired) electrons. The number of halogens is 2. The summed E-state index contributed by atoms with van der Waals surface area (Å²) in [6.07, 6.45) is 3.51. The largest absolute Gasteiger partial charge is 0.371 e. The number of nitrogens with one attached hydrogen (secondary N) is 2. The van der Waals surface area contributed by atoms with E-state index >= 15 is 0 Å². The van der Waals surface area contributed by atoms with Crippen LogP contribution in [0.5, 0.6) is 0 Å². The van der Waals surface area contributed by atoms with Crippen LogP contribution in [0.1, 0.15) is 44.5 Å². The third-order valence-electron chi connectivity index (χ3n) is 4.58. The molecule has 2 aromatic rings. The van der Waals surface area contributed by atoms with Gasteiger partial charge in [0, 0.05) is 36.3 Å². The minimum Gasteiger partial charge on any atom is -0.371 e. The van der Waals surface area contributed by atoms with Gasteiger partial charge in [-0.25, -0.2) is 8.78 Å². The molecule has 3 rings (SSSR count). The first kappa shape index (κ1) is 19.1. The lowest BCUT2D eigenvalue weighted by molar-refractivity contribution is -0.116. The number of H-pyrrole nitrogens is 1. The summed E-state index contributed by atoms with van der Waals surface area (Å²) in [7, 11) is 0. The van der Waals surface area contributed by atoms with Crippen LogP contribution in [-0.4, -0.2) is 33.6 Å². The number of benzene rings is 1. The molecule has 0 aliphatic carbocycles. The van der Waals surface area contributed by atoms with E-state index in [9.17, 15) is 13.6 Å². The maximum Gasteiger partial charge on any atom is 0.255 e. The summed E-state index contributed by atoms with van der Waals surface area (Å²) >= 11 is 0. The molecule has 5 nitrogen and oxygen atoms in total. The third-order valence-corrected chi connectivity index (χ3v) is 4.58. The van der Waals surface area contributed by atoms with Gasteiger partial charge >= 0.3 is 0 Å². The Hall–Kier alpha value is -2.70. The molecule has 1 amide bonds. The maximum atomic E-state index is 13.6. The first-order valence-electron chi connectivity index (χ1n) is 8.92. The highest BCUT2D eigenvalue weighted by atomic mass is 19.2. The van der Waals surface area contributed by atoms with Crippen LogP contribution < -0.4 is 5.32 Å². The number of aromatic amines is 1. The molecule has 144 valence electrons. The van der Waals surface area contributed by atoms with E-state index in [4.69, 9.17) is 0 Å². The molecule has 0 bridgehead atoms. The molecule has 0 spiro atoms. The molecule has 27 heavy (non-hydrogen) atoms. The van der Waals surface area contributed by atoms with Crippen LogP contribution in [0.15, 0.2) is 30.6 Å². The smallest absolute Gasteiger partial charge is 0.255 e. The quantitative estimate of drug-likeness (QED) is 0.863. The number of fused-ring (bicyclic) bond motifs is 1. The lowest BCUT2D eigenvalue weighted by atomic mass is 9.84. The van der Waals surface area contributed by atoms with Crippen molar-refractivity contribution in [1.29, 1.82) is 0 Å². The van der Waals surface area contributed by atoms with E-state index in [0.717, 1.165) is 11.6 Å². The second kappa shape index (κ2) is 7.13. The van der Waals surface area contributed by atoms with Crippen LogP contribution in [-0.2, 0) is 16.8 Å². The molecule has 1 aliphatic rings. The molecule has 0 atom stereocenters. The lowest BCUT2D eigenvalue weighted by Gasteiger charge is -2.30. The normalized spacial score (nSPS) is 16.0. The number of amides is 1. The molecular weight excluding hydrogens is 350 g/mol. The van der Waals surface area contributed by atoms with Crippen molar-refractivity contribution in [2.24, 2.45) is 0 Å². The summed E-state index contributed by atoms with van der Waals surface area (Å²) in [5.41, 5.74) is 2.45. The second-order valence-electron chi connectivity index (χ2n) is 7.87. The van der Waals surface area contributed by atoms with Gasteiger partial charge in [-0.3, -0.25) is 9.89 Å². The highest BCUT2D eigenvalue weighted by Gasteiger charge is 2.33. The SMILES string of the molecule is CC(C)NC(=O)C1=CN(Cc2ccc(F)c(F)c2)CC(C)(C)c2cn[nH]c21. The van der Waals surface area contributed by atoms with E-state index in [2.05, 4.69) is 29.4 Å². The van der Waals surface area contributed by atoms with Crippen molar-refractivity contribution in [3.63, 3.8) is 0 Å². The molecule has 0 saturated heterocycles. The van der Waals surface area contributed by atoms with Crippen molar-refractivity contribution in [2.75, 3.05) is 6.54 Å². The van der Waals surface area contributed by atoms with Gasteiger partial charge in [0.2, 0.25) is 0 Å². The van der Waals surface area contributed by atoms with Gasteiger partial charge in [0.15, 0.2) is 11.6 Å². The van der Waals surface area contributed by atoms with E-state index in [1.165, 1.54) is 6.07 Å². The van der Waals surface area contributed by atoms with Crippen molar-refractivity contribution in [1.82, 2.24) is 20.4 Å². The average molecular weight is 374 g/mol. The van der Waals surface area contributed by atoms with Crippen LogP contribution in [0, 0.1) is 11.6 Å². The predicted octanol–water partition coefficient (Wildman–Crippen LogP) is 3.35. The highest BCUT2D eigenvalue weighted by molar-refractivity contribution is 6.19. The standard InChI is InChI=1S/C20H24F2N4O/c1-12(2)24-19(27)14-10-26(9-13-5-6-16(21)17(22)7-13)11-20(3,4)15-8-23-25-18(14)15/h5-8,10,12H,9,11H2,1-4H3,(H,23,25)(H,24,27). The number of nitrogens with zero attached hydrogens (tertiary/aromatic N) is 2. The molecule has 1 aromatic carbocycles. The van der Waals surface area contributed by atoms with Crippen LogP contribution in [0.25, 0.3) is 5.57 Å². The average Bonchev–Trinajstić information content (AvgIpc) is 3.01. The molecule has 2 heterocycles. The molecule has 1 aliphatic heterocycles. The molecular formula is C20H24F2N4O. The summed E-state index contributed by atoms with van der Waals surface area (Å²) < 4.78 is 26.8. The Morgan fingerprint density at radius 3 is 2.74 bits per heavy atom. The number of carbonyl (C=O) groups excluding carboxylic acids is 1. The monoisotopic (exact) mass is 374 g/mol. The molecule has 0 fully saturated rings. The Labute approximate surface area is 157 Å². The first-order valence-corrected chi connectivity index (χ1v) is 8.92. The van der Waals surface area contributed by atoms with Crippen molar-refractivity contribution in [3.05, 3.63) is 59.1 Å². The predicted molar refractivity (Wildman–Crippen MR) is 99.6 cm³/mol. The van der Waals surface area contributed by atoms with E-state index < -0.39 is 11.6 Å². The minimum atomic E-state index is -0.877. The van der Waals surface area contributed by atoms with Gasteiger partial charge < -0.3 is 10.2 Å². The van der Waals surface area contributed by atoms with Crippen molar-refractivity contribution >= 4 is 11.5 Å². The number of aromatic nitrogens is 2. The van der Waals surface area contributed by atoms with Crippen LogP contribution in [0.3, 0.4) is 0 Å². The fourth-order valence-corrected chi connectivity index (χ4v) is 3.38. The minimum absolute atomic E-state index is 0.0133. The third kappa shape index (κ3) is 4.02. The van der Waals surface area contributed by atoms with E-state index in [-0.39, 0.29) is 17.4 Å². The maximum absolute atomic E-state index is 13.6. The van der Waals surface area contributed by atoms with Gasteiger partial charge in [-0.1, -0.05) is 19.9 Å². The summed E-state index contributed by atoms with van der Waals surface area (Å²) in [5.74, 6) is -1.95. The van der Waals surface area contributed by atoms with Gasteiger partial charge in [0.1, 0.15) is 0 Å². The van der Waals surface area contributed by atoms with Crippen molar-refractivity contribution in [2.45, 2.75) is 45.7 Å². The Balaban J connectivity index is 1.99. The Kier molecular flexibility index (Phi) is 5.04. The van der Waals surface area contributed by atoms with Gasteiger partial charge in [0.25, 0.3) is 5.91 Å². The fourth-order valence-electron chi connectivity index (χ4n) is 3.38. The molecule has 0 unspecified atom stereocenters. The number of hydrogen-bond donors (Lipinski definition) is 2. The first-order chi connectivity index (χ1) is 12.7. The molecule has 7 heteroatoms. The number of carbonyl (C=O) groups is 1. The van der Waals surface area contributed by atoms with E-state index in [0.29, 0.717) is 29.9 Å². The second-order valence-corrected chi connectivity index (χ2v) is 7.87. The van der Waals surface area contributed by atoms with Gasteiger partial charge in [-0.15, -0.1) is 0 Å². The van der Waals surface area contributed by atoms with Gasteiger partial charge in [-0.05, 0) is 31.5 Å². The topological polar surface area (TPSA) is 61.0 Å². The summed E-state index contributed by atoms with van der Waals surface area (Å²) in [5, 5.41) is 9.98. The Bertz CT molecular complexity index is 886. The van der Waals surface area contributed by atoms with Crippen LogP contribution >= 0.6 is 0 Å². The summed E-state index contributed by atoms with van der Waals surface area (Å²) in [4.78, 5) is 14.7. The van der Waals surface area contributed by atoms with Crippen molar-refractivity contribution < 1.29 is 13.6 Å². The zero-order valence-electron chi connectivity index (χ0n) is 15.9.